The summed E-state index contributed by atoms with van der Waals surface area (Å²) in [6.45, 7) is 3.76. The van der Waals surface area contributed by atoms with Gasteiger partial charge in [0.15, 0.2) is 0 Å². The van der Waals surface area contributed by atoms with E-state index in [9.17, 15) is 14.4 Å². The first-order valence-electron chi connectivity index (χ1n) is 8.42. The lowest BCUT2D eigenvalue weighted by atomic mass is 9.82. The molecule has 0 fully saturated rings. The SMILES string of the molecule is CC[C@H](C)OC(=O)[C@H]1CC=CC[C@@H]1C(=O)Nc1ccc(C(=O)O)cc1. The number of carboxylic acid groups (broad SMARTS) is 1. The fourth-order valence-corrected chi connectivity index (χ4v) is 2.66. The van der Waals surface area contributed by atoms with Crippen LogP contribution in [0.15, 0.2) is 36.4 Å². The van der Waals surface area contributed by atoms with Gasteiger partial charge in [0, 0.05) is 5.69 Å². The molecule has 0 unspecified atom stereocenters. The molecule has 6 heteroatoms. The number of carbonyl (C=O) groups is 3. The molecule has 1 aliphatic carbocycles. The summed E-state index contributed by atoms with van der Waals surface area (Å²) in [5.74, 6) is -2.64. The van der Waals surface area contributed by atoms with Gasteiger partial charge in [-0.2, -0.15) is 0 Å². The molecule has 1 aromatic carbocycles. The Kier molecular flexibility index (Phi) is 6.33. The zero-order chi connectivity index (χ0) is 18.4. The smallest absolute Gasteiger partial charge is 0.335 e. The third kappa shape index (κ3) is 4.92. The normalized spacial score (nSPS) is 20.6. The minimum Gasteiger partial charge on any atom is -0.478 e. The molecule has 6 nitrogen and oxygen atoms in total. The Labute approximate surface area is 146 Å². The number of hydrogen-bond donors (Lipinski definition) is 2. The molecule has 2 rings (SSSR count). The van der Waals surface area contributed by atoms with Crippen LogP contribution in [0, 0.1) is 11.8 Å². The van der Waals surface area contributed by atoms with Crippen LogP contribution in [0.3, 0.4) is 0 Å². The maximum absolute atomic E-state index is 12.6. The highest BCUT2D eigenvalue weighted by molar-refractivity contribution is 5.96. The molecule has 1 aliphatic rings. The first kappa shape index (κ1) is 18.7. The lowest BCUT2D eigenvalue weighted by molar-refractivity contribution is -0.157. The van der Waals surface area contributed by atoms with Crippen LogP contribution in [0.4, 0.5) is 5.69 Å². The molecular weight excluding hydrogens is 322 g/mol. The highest BCUT2D eigenvalue weighted by Gasteiger charge is 2.35. The van der Waals surface area contributed by atoms with Crippen LogP contribution >= 0.6 is 0 Å². The van der Waals surface area contributed by atoms with Gasteiger partial charge >= 0.3 is 11.9 Å². The lowest BCUT2D eigenvalue weighted by Gasteiger charge is -2.27. The minimum atomic E-state index is -1.02. The molecule has 134 valence electrons. The van der Waals surface area contributed by atoms with Crippen LogP contribution in [-0.2, 0) is 14.3 Å². The number of carbonyl (C=O) groups excluding carboxylic acids is 2. The summed E-state index contributed by atoms with van der Waals surface area (Å²) in [7, 11) is 0. The molecule has 25 heavy (non-hydrogen) atoms. The summed E-state index contributed by atoms with van der Waals surface area (Å²) in [6, 6.07) is 5.92. The maximum atomic E-state index is 12.6. The summed E-state index contributed by atoms with van der Waals surface area (Å²) < 4.78 is 5.39. The molecule has 0 saturated carbocycles. The van der Waals surface area contributed by atoms with Gasteiger partial charge in [-0.05, 0) is 50.5 Å². The highest BCUT2D eigenvalue weighted by atomic mass is 16.5. The molecule has 0 aliphatic heterocycles. The van der Waals surface area contributed by atoms with E-state index in [0.29, 0.717) is 18.5 Å². The number of ether oxygens (including phenoxy) is 1. The van der Waals surface area contributed by atoms with Crippen molar-refractivity contribution in [3.05, 3.63) is 42.0 Å². The van der Waals surface area contributed by atoms with E-state index in [-0.39, 0.29) is 23.5 Å². The van der Waals surface area contributed by atoms with Gasteiger partial charge in [0.25, 0.3) is 0 Å². The molecule has 0 aromatic heterocycles. The van der Waals surface area contributed by atoms with Crippen molar-refractivity contribution in [2.24, 2.45) is 11.8 Å². The van der Waals surface area contributed by atoms with Crippen LogP contribution < -0.4 is 5.32 Å². The standard InChI is InChI=1S/C19H23NO5/c1-3-12(2)25-19(24)16-7-5-4-6-15(16)17(21)20-14-10-8-13(9-11-14)18(22)23/h4-5,8-12,15-16H,3,6-7H2,1-2H3,(H,20,21)(H,22,23)/t12-,15-,16-/m0/s1. The van der Waals surface area contributed by atoms with Crippen molar-refractivity contribution in [2.75, 3.05) is 5.32 Å². The van der Waals surface area contributed by atoms with E-state index in [1.165, 1.54) is 24.3 Å². The third-order valence-corrected chi connectivity index (χ3v) is 4.36. The average molecular weight is 345 g/mol. The topological polar surface area (TPSA) is 92.7 Å². The number of nitrogens with one attached hydrogen (secondary N) is 1. The number of hydrogen-bond acceptors (Lipinski definition) is 4. The first-order valence-corrected chi connectivity index (χ1v) is 8.42. The van der Waals surface area contributed by atoms with Gasteiger partial charge in [0.05, 0.1) is 23.5 Å². The monoisotopic (exact) mass is 345 g/mol. The van der Waals surface area contributed by atoms with Gasteiger partial charge in [-0.1, -0.05) is 19.1 Å². The van der Waals surface area contributed by atoms with Crippen molar-refractivity contribution in [1.82, 2.24) is 0 Å². The van der Waals surface area contributed by atoms with E-state index in [1.807, 2.05) is 26.0 Å². The number of esters is 1. The Morgan fingerprint density at radius 2 is 1.76 bits per heavy atom. The Morgan fingerprint density at radius 1 is 1.16 bits per heavy atom. The van der Waals surface area contributed by atoms with E-state index in [1.54, 1.807) is 0 Å². The summed E-state index contributed by atoms with van der Waals surface area (Å²) in [5.41, 5.74) is 0.646. The number of benzene rings is 1. The van der Waals surface area contributed by atoms with Crippen molar-refractivity contribution in [2.45, 2.75) is 39.2 Å². The van der Waals surface area contributed by atoms with Crippen LogP contribution in [0.5, 0.6) is 0 Å². The van der Waals surface area contributed by atoms with E-state index in [2.05, 4.69) is 5.32 Å². The largest absolute Gasteiger partial charge is 0.478 e. The van der Waals surface area contributed by atoms with E-state index in [0.717, 1.165) is 6.42 Å². The summed E-state index contributed by atoms with van der Waals surface area (Å²) >= 11 is 0. The molecule has 0 bridgehead atoms. The summed E-state index contributed by atoms with van der Waals surface area (Å²) in [6.07, 6.45) is 5.29. The minimum absolute atomic E-state index is 0.147. The second kappa shape index (κ2) is 8.46. The molecule has 1 aromatic rings. The first-order chi connectivity index (χ1) is 11.9. The van der Waals surface area contributed by atoms with Crippen LogP contribution in [0.2, 0.25) is 0 Å². The number of amides is 1. The molecule has 2 N–H and O–H groups in total. The predicted molar refractivity (Wildman–Crippen MR) is 93.2 cm³/mol. The van der Waals surface area contributed by atoms with Crippen molar-refractivity contribution >= 4 is 23.5 Å². The van der Waals surface area contributed by atoms with E-state index >= 15 is 0 Å². The van der Waals surface area contributed by atoms with Gasteiger partial charge in [0.1, 0.15) is 0 Å². The number of anilines is 1. The molecule has 0 saturated heterocycles. The van der Waals surface area contributed by atoms with E-state index < -0.39 is 17.8 Å². The number of aromatic carboxylic acids is 1. The zero-order valence-electron chi connectivity index (χ0n) is 14.4. The lowest BCUT2D eigenvalue weighted by Crippen LogP contribution is -2.36. The maximum Gasteiger partial charge on any atom is 0.335 e. The number of carboxylic acids is 1. The molecule has 1 amide bonds. The fraction of sp³-hybridized carbons (Fsp3) is 0.421. The second-order valence-electron chi connectivity index (χ2n) is 6.18. The molecule has 3 atom stereocenters. The van der Waals surface area contributed by atoms with Crippen molar-refractivity contribution in [3.8, 4) is 0 Å². The zero-order valence-corrected chi connectivity index (χ0v) is 14.4. The molecule has 0 spiro atoms. The van der Waals surface area contributed by atoms with Gasteiger partial charge in [0.2, 0.25) is 5.91 Å². The van der Waals surface area contributed by atoms with Gasteiger partial charge in [-0.25, -0.2) is 4.79 Å². The van der Waals surface area contributed by atoms with Crippen molar-refractivity contribution in [1.29, 1.82) is 0 Å². The summed E-state index contributed by atoms with van der Waals surface area (Å²) in [4.78, 5) is 35.8. The molecule has 0 heterocycles. The van der Waals surface area contributed by atoms with Crippen molar-refractivity contribution in [3.63, 3.8) is 0 Å². The average Bonchev–Trinajstić information content (AvgIpc) is 2.61. The van der Waals surface area contributed by atoms with Gasteiger partial charge in [-0.15, -0.1) is 0 Å². The van der Waals surface area contributed by atoms with Gasteiger partial charge in [-0.3, -0.25) is 9.59 Å². The second-order valence-corrected chi connectivity index (χ2v) is 6.18. The Hall–Kier alpha value is -2.63. The molecular formula is C19H23NO5. The Bertz CT molecular complexity index is 665. The quantitative estimate of drug-likeness (QED) is 0.610. The van der Waals surface area contributed by atoms with Crippen LogP contribution in [-0.4, -0.2) is 29.1 Å². The number of allylic oxidation sites excluding steroid dienone is 2. The fourth-order valence-electron chi connectivity index (χ4n) is 2.66. The van der Waals surface area contributed by atoms with Crippen LogP contribution in [0.1, 0.15) is 43.5 Å². The third-order valence-electron chi connectivity index (χ3n) is 4.36. The Balaban J connectivity index is 2.06. The Morgan fingerprint density at radius 3 is 2.32 bits per heavy atom. The van der Waals surface area contributed by atoms with Gasteiger partial charge < -0.3 is 15.2 Å². The predicted octanol–water partition coefficient (Wildman–Crippen LogP) is 3.25. The molecule has 0 radical (unpaired) electrons. The highest BCUT2D eigenvalue weighted by Crippen LogP contribution is 2.28. The summed E-state index contributed by atoms with van der Waals surface area (Å²) in [5, 5.41) is 11.7. The van der Waals surface area contributed by atoms with E-state index in [4.69, 9.17) is 9.84 Å². The van der Waals surface area contributed by atoms with Crippen LogP contribution in [0.25, 0.3) is 0 Å². The number of rotatable bonds is 6. The van der Waals surface area contributed by atoms with Crippen molar-refractivity contribution < 1.29 is 24.2 Å².